The normalized spacial score (nSPS) is 11.9. The number of aromatic nitrogens is 1. The van der Waals surface area contributed by atoms with Crippen LogP contribution in [0.4, 0.5) is 5.13 Å². The van der Waals surface area contributed by atoms with Crippen molar-refractivity contribution in [3.05, 3.63) is 53.6 Å². The van der Waals surface area contributed by atoms with Gasteiger partial charge in [-0.05, 0) is 56.3 Å². The van der Waals surface area contributed by atoms with Gasteiger partial charge in [0.1, 0.15) is 0 Å². The molecule has 0 unspecified atom stereocenters. The number of anilines is 1. The highest BCUT2D eigenvalue weighted by atomic mass is 32.2. The quantitative estimate of drug-likeness (QED) is 0.435. The van der Waals surface area contributed by atoms with Crippen molar-refractivity contribution in [3.8, 4) is 0 Å². The number of amides is 1. The third kappa shape index (κ3) is 5.54. The Kier molecular flexibility index (Phi) is 8.03. The van der Waals surface area contributed by atoms with E-state index in [1.807, 2.05) is 19.9 Å². The minimum Gasteiger partial charge on any atom is -0.302 e. The molecule has 172 valence electrons. The summed E-state index contributed by atoms with van der Waals surface area (Å²) in [6.07, 6.45) is -0.0799. The van der Waals surface area contributed by atoms with Crippen molar-refractivity contribution in [1.82, 2.24) is 9.88 Å². The van der Waals surface area contributed by atoms with Gasteiger partial charge >= 0.3 is 0 Å². The molecule has 1 heterocycles. The van der Waals surface area contributed by atoms with Gasteiger partial charge in [-0.25, -0.2) is 13.4 Å². The molecule has 0 aliphatic carbocycles. The number of benzene rings is 2. The summed E-state index contributed by atoms with van der Waals surface area (Å²) in [5.41, 5.74) is 3.17. The van der Waals surface area contributed by atoms with Crippen LogP contribution in [-0.4, -0.2) is 56.1 Å². The second kappa shape index (κ2) is 10.6. The zero-order valence-corrected chi connectivity index (χ0v) is 20.8. The average Bonchev–Trinajstić information content (AvgIpc) is 3.23. The number of thiazole rings is 1. The summed E-state index contributed by atoms with van der Waals surface area (Å²) in [7, 11) is -3.52. The summed E-state index contributed by atoms with van der Waals surface area (Å²) in [6, 6.07) is 12.4. The molecule has 0 aliphatic rings. The molecular formula is C24H31N3O3S2. The number of fused-ring (bicyclic) bond motifs is 1. The molecule has 8 heteroatoms. The number of hydrogen-bond donors (Lipinski definition) is 0. The van der Waals surface area contributed by atoms with Gasteiger partial charge in [-0.1, -0.05) is 49.4 Å². The Morgan fingerprint density at radius 3 is 2.34 bits per heavy atom. The fourth-order valence-electron chi connectivity index (χ4n) is 3.54. The van der Waals surface area contributed by atoms with Gasteiger partial charge in [0.05, 0.1) is 20.9 Å². The first-order chi connectivity index (χ1) is 15.3. The number of hydrogen-bond acceptors (Lipinski definition) is 6. The molecular weight excluding hydrogens is 442 g/mol. The lowest BCUT2D eigenvalue weighted by molar-refractivity contribution is -0.118. The van der Waals surface area contributed by atoms with E-state index >= 15 is 0 Å². The first kappa shape index (κ1) is 24.4. The molecule has 2 aromatic carbocycles. The summed E-state index contributed by atoms with van der Waals surface area (Å²) >= 11 is 1.48. The zero-order chi connectivity index (χ0) is 23.3. The fraction of sp³-hybridized carbons (Fsp3) is 0.417. The minimum atomic E-state index is -3.52. The molecule has 0 N–H and O–H groups in total. The molecule has 0 atom stereocenters. The summed E-state index contributed by atoms with van der Waals surface area (Å²) in [4.78, 5) is 22.2. The molecule has 0 aliphatic heterocycles. The predicted molar refractivity (Wildman–Crippen MR) is 132 cm³/mol. The van der Waals surface area contributed by atoms with Crippen LogP contribution in [0.15, 0.2) is 47.4 Å². The van der Waals surface area contributed by atoms with Crippen LogP contribution in [0.5, 0.6) is 0 Å². The molecule has 0 radical (unpaired) electrons. The standard InChI is InChI=1S/C24H31N3O3S2/c1-5-26(6-2)15-16-27(24-25-23-19(4)18(3)12-13-21(23)31-24)22(28)14-17-32(29,30)20-10-8-7-9-11-20/h7-13H,5-6,14-17H2,1-4H3. The Balaban J connectivity index is 1.85. The van der Waals surface area contributed by atoms with E-state index in [1.54, 1.807) is 35.2 Å². The van der Waals surface area contributed by atoms with E-state index in [9.17, 15) is 13.2 Å². The Morgan fingerprint density at radius 2 is 1.69 bits per heavy atom. The monoisotopic (exact) mass is 473 g/mol. The van der Waals surface area contributed by atoms with E-state index in [0.29, 0.717) is 18.2 Å². The summed E-state index contributed by atoms with van der Waals surface area (Å²) in [5, 5.41) is 0.628. The Labute approximate surface area is 194 Å². The largest absolute Gasteiger partial charge is 0.302 e. The molecule has 0 saturated heterocycles. The lowest BCUT2D eigenvalue weighted by Gasteiger charge is -2.24. The van der Waals surface area contributed by atoms with Crippen LogP contribution in [0.2, 0.25) is 0 Å². The molecule has 1 amide bonds. The molecule has 0 fully saturated rings. The molecule has 6 nitrogen and oxygen atoms in total. The molecule has 3 aromatic rings. The lowest BCUT2D eigenvalue weighted by atomic mass is 10.1. The molecule has 32 heavy (non-hydrogen) atoms. The van der Waals surface area contributed by atoms with E-state index in [1.165, 1.54) is 11.3 Å². The molecule has 0 spiro atoms. The smallest absolute Gasteiger partial charge is 0.229 e. The van der Waals surface area contributed by atoms with Crippen molar-refractivity contribution in [2.45, 2.75) is 39.0 Å². The number of nitrogens with zero attached hydrogens (tertiary/aromatic N) is 3. The van der Waals surface area contributed by atoms with Crippen LogP contribution < -0.4 is 4.90 Å². The maximum atomic E-state index is 13.2. The number of carbonyl (C=O) groups is 1. The second-order valence-electron chi connectivity index (χ2n) is 7.80. The number of carbonyl (C=O) groups excluding carboxylic acids is 1. The molecule has 0 bridgehead atoms. The van der Waals surface area contributed by atoms with Crippen molar-refractivity contribution in [2.24, 2.45) is 0 Å². The Hall–Kier alpha value is -2.29. The maximum Gasteiger partial charge on any atom is 0.229 e. The summed E-state index contributed by atoms with van der Waals surface area (Å²) in [5.74, 6) is -0.439. The minimum absolute atomic E-state index is 0.0799. The number of aryl methyl sites for hydroxylation is 2. The van der Waals surface area contributed by atoms with Gasteiger partial charge in [0, 0.05) is 19.5 Å². The van der Waals surface area contributed by atoms with Crippen LogP contribution in [0.1, 0.15) is 31.4 Å². The highest BCUT2D eigenvalue weighted by Gasteiger charge is 2.24. The number of likely N-dealkylation sites (N-methyl/N-ethyl adjacent to an activating group) is 1. The van der Waals surface area contributed by atoms with Gasteiger partial charge in [-0.15, -0.1) is 0 Å². The molecule has 3 rings (SSSR count). The van der Waals surface area contributed by atoms with Crippen molar-refractivity contribution in [2.75, 3.05) is 36.8 Å². The number of rotatable bonds is 10. The van der Waals surface area contributed by atoms with Gasteiger partial charge in [-0.2, -0.15) is 0 Å². The maximum absolute atomic E-state index is 13.2. The van der Waals surface area contributed by atoms with Crippen LogP contribution in [0.25, 0.3) is 10.2 Å². The first-order valence-electron chi connectivity index (χ1n) is 10.9. The summed E-state index contributed by atoms with van der Waals surface area (Å²) in [6.45, 7) is 11.2. The second-order valence-corrected chi connectivity index (χ2v) is 10.9. The van der Waals surface area contributed by atoms with E-state index in [-0.39, 0.29) is 23.0 Å². The highest BCUT2D eigenvalue weighted by Crippen LogP contribution is 2.32. The fourth-order valence-corrected chi connectivity index (χ4v) is 5.86. The van der Waals surface area contributed by atoms with Crippen LogP contribution in [0.3, 0.4) is 0 Å². The number of sulfone groups is 1. The van der Waals surface area contributed by atoms with Crippen LogP contribution >= 0.6 is 11.3 Å². The van der Waals surface area contributed by atoms with Gasteiger partial charge in [0.15, 0.2) is 15.0 Å². The zero-order valence-electron chi connectivity index (χ0n) is 19.2. The molecule has 1 aromatic heterocycles. The van der Waals surface area contributed by atoms with E-state index in [0.717, 1.165) is 34.4 Å². The SMILES string of the molecule is CCN(CC)CCN(C(=O)CCS(=O)(=O)c1ccccc1)c1nc2c(C)c(C)ccc2s1. The Bertz CT molecular complexity index is 1170. The highest BCUT2D eigenvalue weighted by molar-refractivity contribution is 7.91. The Morgan fingerprint density at radius 1 is 1.00 bits per heavy atom. The van der Waals surface area contributed by atoms with Crippen molar-refractivity contribution in [1.29, 1.82) is 0 Å². The van der Waals surface area contributed by atoms with Gasteiger partial charge in [0.2, 0.25) is 5.91 Å². The summed E-state index contributed by atoms with van der Waals surface area (Å²) < 4.78 is 26.4. The van der Waals surface area contributed by atoms with E-state index < -0.39 is 9.84 Å². The average molecular weight is 474 g/mol. The van der Waals surface area contributed by atoms with E-state index in [2.05, 4.69) is 24.8 Å². The van der Waals surface area contributed by atoms with Gasteiger partial charge in [-0.3, -0.25) is 9.69 Å². The molecule has 0 saturated carbocycles. The topological polar surface area (TPSA) is 70.6 Å². The predicted octanol–water partition coefficient (Wildman–Crippen LogP) is 4.45. The van der Waals surface area contributed by atoms with Gasteiger partial charge in [0.25, 0.3) is 0 Å². The van der Waals surface area contributed by atoms with Crippen LogP contribution in [-0.2, 0) is 14.6 Å². The third-order valence-electron chi connectivity index (χ3n) is 5.83. The van der Waals surface area contributed by atoms with E-state index in [4.69, 9.17) is 4.98 Å². The lowest BCUT2D eigenvalue weighted by Crippen LogP contribution is -2.39. The third-order valence-corrected chi connectivity index (χ3v) is 8.60. The van der Waals surface area contributed by atoms with Crippen LogP contribution in [0, 0.1) is 13.8 Å². The van der Waals surface area contributed by atoms with Crippen molar-refractivity contribution in [3.63, 3.8) is 0 Å². The van der Waals surface area contributed by atoms with Gasteiger partial charge < -0.3 is 4.90 Å². The van der Waals surface area contributed by atoms with Crippen molar-refractivity contribution >= 4 is 42.4 Å². The van der Waals surface area contributed by atoms with Crippen molar-refractivity contribution < 1.29 is 13.2 Å². The first-order valence-corrected chi connectivity index (χ1v) is 13.4.